The van der Waals surface area contributed by atoms with Crippen LogP contribution in [0.5, 0.6) is 0 Å². The highest BCUT2D eigenvalue weighted by atomic mass is 32.2. The molecule has 0 saturated carbocycles. The number of carboxylic acids is 1. The number of carbonyl (C=O) groups excluding carboxylic acids is 2. The van der Waals surface area contributed by atoms with Crippen LogP contribution in [0.4, 0.5) is 5.69 Å². The van der Waals surface area contributed by atoms with Crippen LogP contribution in [0.15, 0.2) is 54.6 Å². The molecule has 2 aromatic rings. The van der Waals surface area contributed by atoms with Crippen molar-refractivity contribution in [3.63, 3.8) is 0 Å². The minimum absolute atomic E-state index is 0.00807. The third-order valence-corrected chi connectivity index (χ3v) is 5.21. The number of benzene rings is 2. The van der Waals surface area contributed by atoms with Crippen molar-refractivity contribution in [1.82, 2.24) is 0 Å². The number of amides is 1. The molecule has 1 unspecified atom stereocenters. The van der Waals surface area contributed by atoms with Crippen molar-refractivity contribution in [2.24, 2.45) is 5.92 Å². The molecule has 0 aliphatic heterocycles. The number of rotatable bonds is 10. The SMILES string of the molecule is CC(=O)SCC(Cc1ccccc1)C(=O)Nc1cccc(CCCC(=O)O)c1. The van der Waals surface area contributed by atoms with Crippen LogP contribution in [-0.2, 0) is 27.2 Å². The summed E-state index contributed by atoms with van der Waals surface area (Å²) in [6.07, 6.45) is 1.88. The topological polar surface area (TPSA) is 83.5 Å². The summed E-state index contributed by atoms with van der Waals surface area (Å²) >= 11 is 1.16. The Bertz CT molecular complexity index is 807. The summed E-state index contributed by atoms with van der Waals surface area (Å²) in [5.74, 6) is -0.836. The Balaban J connectivity index is 2.02. The molecular formula is C22H25NO4S. The van der Waals surface area contributed by atoms with Crippen LogP contribution < -0.4 is 5.32 Å². The first-order valence-corrected chi connectivity index (χ1v) is 10.2. The molecule has 0 aliphatic carbocycles. The number of hydrogen-bond acceptors (Lipinski definition) is 4. The van der Waals surface area contributed by atoms with E-state index in [0.29, 0.717) is 30.7 Å². The first-order valence-electron chi connectivity index (χ1n) is 9.23. The number of hydrogen-bond donors (Lipinski definition) is 2. The predicted octanol–water partition coefficient (Wildman–Crippen LogP) is 4.17. The Morgan fingerprint density at radius 2 is 1.75 bits per heavy atom. The van der Waals surface area contributed by atoms with E-state index in [1.165, 1.54) is 6.92 Å². The summed E-state index contributed by atoms with van der Waals surface area (Å²) in [7, 11) is 0. The largest absolute Gasteiger partial charge is 0.481 e. The molecule has 2 rings (SSSR count). The number of anilines is 1. The molecule has 148 valence electrons. The van der Waals surface area contributed by atoms with Gasteiger partial charge in [-0.05, 0) is 42.5 Å². The van der Waals surface area contributed by atoms with Crippen LogP contribution in [0, 0.1) is 5.92 Å². The lowest BCUT2D eigenvalue weighted by Gasteiger charge is -2.16. The van der Waals surface area contributed by atoms with E-state index in [1.54, 1.807) is 0 Å². The van der Waals surface area contributed by atoms with Crippen molar-refractivity contribution >= 4 is 34.4 Å². The van der Waals surface area contributed by atoms with E-state index in [0.717, 1.165) is 22.9 Å². The fraction of sp³-hybridized carbons (Fsp3) is 0.318. The lowest BCUT2D eigenvalue weighted by molar-refractivity contribution is -0.137. The maximum Gasteiger partial charge on any atom is 0.303 e. The van der Waals surface area contributed by atoms with Crippen molar-refractivity contribution in [1.29, 1.82) is 0 Å². The van der Waals surface area contributed by atoms with E-state index in [-0.39, 0.29) is 23.4 Å². The van der Waals surface area contributed by atoms with Crippen LogP contribution in [0.3, 0.4) is 0 Å². The zero-order chi connectivity index (χ0) is 20.4. The summed E-state index contributed by atoms with van der Waals surface area (Å²) < 4.78 is 0. The third-order valence-electron chi connectivity index (χ3n) is 4.23. The molecule has 0 bridgehead atoms. The summed E-state index contributed by atoms with van der Waals surface area (Å²) in [5.41, 5.74) is 2.72. The first kappa shape index (κ1) is 21.7. The average molecular weight is 400 g/mol. The Hall–Kier alpha value is -2.60. The number of nitrogens with one attached hydrogen (secondary N) is 1. The molecule has 6 heteroatoms. The lowest BCUT2D eigenvalue weighted by atomic mass is 10.00. The normalized spacial score (nSPS) is 11.6. The Morgan fingerprint density at radius 1 is 1.04 bits per heavy atom. The summed E-state index contributed by atoms with van der Waals surface area (Å²) in [6.45, 7) is 1.50. The molecule has 1 atom stereocenters. The minimum Gasteiger partial charge on any atom is -0.481 e. The molecule has 0 aromatic heterocycles. The first-order chi connectivity index (χ1) is 13.4. The number of thioether (sulfide) groups is 1. The molecule has 0 heterocycles. The summed E-state index contributed by atoms with van der Waals surface area (Å²) in [6, 6.07) is 17.2. The highest BCUT2D eigenvalue weighted by molar-refractivity contribution is 8.13. The van der Waals surface area contributed by atoms with Gasteiger partial charge in [0.05, 0.1) is 5.92 Å². The molecule has 0 radical (unpaired) electrons. The van der Waals surface area contributed by atoms with Gasteiger partial charge < -0.3 is 10.4 Å². The number of carbonyl (C=O) groups is 3. The zero-order valence-electron chi connectivity index (χ0n) is 15.9. The molecule has 0 spiro atoms. The van der Waals surface area contributed by atoms with Crippen LogP contribution in [0.2, 0.25) is 0 Å². The van der Waals surface area contributed by atoms with Crippen molar-refractivity contribution in [2.75, 3.05) is 11.1 Å². The van der Waals surface area contributed by atoms with Gasteiger partial charge in [-0.25, -0.2) is 0 Å². The van der Waals surface area contributed by atoms with Gasteiger partial charge in [0.2, 0.25) is 5.91 Å². The Labute approximate surface area is 169 Å². The molecule has 0 saturated heterocycles. The van der Waals surface area contributed by atoms with Gasteiger partial charge in [0.15, 0.2) is 5.12 Å². The smallest absolute Gasteiger partial charge is 0.303 e. The number of aryl methyl sites for hydroxylation is 1. The van der Waals surface area contributed by atoms with E-state index in [9.17, 15) is 14.4 Å². The number of aliphatic carboxylic acids is 1. The quantitative estimate of drug-likeness (QED) is 0.626. The fourth-order valence-corrected chi connectivity index (χ4v) is 3.54. The summed E-state index contributed by atoms with van der Waals surface area (Å²) in [4.78, 5) is 34.8. The fourth-order valence-electron chi connectivity index (χ4n) is 2.84. The van der Waals surface area contributed by atoms with E-state index in [4.69, 9.17) is 5.11 Å². The van der Waals surface area contributed by atoms with Crippen LogP contribution in [0.1, 0.15) is 30.9 Å². The van der Waals surface area contributed by atoms with Gasteiger partial charge in [-0.15, -0.1) is 0 Å². The van der Waals surface area contributed by atoms with Crippen molar-refractivity contribution in [2.45, 2.75) is 32.6 Å². The third kappa shape index (κ3) is 7.96. The highest BCUT2D eigenvalue weighted by Gasteiger charge is 2.20. The molecular weight excluding hydrogens is 374 g/mol. The van der Waals surface area contributed by atoms with Gasteiger partial charge in [-0.3, -0.25) is 14.4 Å². The van der Waals surface area contributed by atoms with Crippen LogP contribution in [-0.4, -0.2) is 27.9 Å². The van der Waals surface area contributed by atoms with Crippen molar-refractivity contribution in [3.8, 4) is 0 Å². The van der Waals surface area contributed by atoms with Gasteiger partial charge in [0.1, 0.15) is 0 Å². The monoisotopic (exact) mass is 399 g/mol. The van der Waals surface area contributed by atoms with E-state index < -0.39 is 5.97 Å². The highest BCUT2D eigenvalue weighted by Crippen LogP contribution is 2.19. The second-order valence-electron chi connectivity index (χ2n) is 6.63. The lowest BCUT2D eigenvalue weighted by Crippen LogP contribution is -2.27. The van der Waals surface area contributed by atoms with Gasteiger partial charge in [0.25, 0.3) is 0 Å². The summed E-state index contributed by atoms with van der Waals surface area (Å²) in [5, 5.41) is 11.7. The van der Waals surface area contributed by atoms with Crippen LogP contribution in [0.25, 0.3) is 0 Å². The van der Waals surface area contributed by atoms with Crippen molar-refractivity contribution in [3.05, 3.63) is 65.7 Å². The van der Waals surface area contributed by atoms with Gasteiger partial charge in [-0.2, -0.15) is 0 Å². The molecule has 2 aromatic carbocycles. The van der Waals surface area contributed by atoms with E-state index in [1.807, 2.05) is 54.6 Å². The van der Waals surface area contributed by atoms with Crippen molar-refractivity contribution < 1.29 is 19.5 Å². The zero-order valence-corrected chi connectivity index (χ0v) is 16.7. The standard InChI is InChI=1S/C22H25NO4S/c1-16(24)28-15-19(13-17-7-3-2-4-8-17)22(27)23-20-11-5-9-18(14-20)10-6-12-21(25)26/h2-5,7-9,11,14,19H,6,10,12-13,15H2,1H3,(H,23,27)(H,25,26). The second kappa shape index (κ2) is 11.3. The predicted molar refractivity (Wildman–Crippen MR) is 112 cm³/mol. The Morgan fingerprint density at radius 3 is 2.43 bits per heavy atom. The Kier molecular flexibility index (Phi) is 8.75. The van der Waals surface area contributed by atoms with Crippen LogP contribution >= 0.6 is 11.8 Å². The molecule has 0 fully saturated rings. The second-order valence-corrected chi connectivity index (χ2v) is 7.82. The number of carboxylic acid groups (broad SMARTS) is 1. The maximum absolute atomic E-state index is 12.8. The molecule has 1 amide bonds. The average Bonchev–Trinajstić information content (AvgIpc) is 2.65. The molecule has 2 N–H and O–H groups in total. The van der Waals surface area contributed by atoms with Gasteiger partial charge in [-0.1, -0.05) is 54.2 Å². The molecule has 5 nitrogen and oxygen atoms in total. The van der Waals surface area contributed by atoms with Gasteiger partial charge in [0, 0.05) is 24.8 Å². The minimum atomic E-state index is -0.809. The molecule has 0 aliphatic rings. The molecule has 28 heavy (non-hydrogen) atoms. The van der Waals surface area contributed by atoms with Gasteiger partial charge >= 0.3 is 5.97 Å². The van der Waals surface area contributed by atoms with E-state index >= 15 is 0 Å². The maximum atomic E-state index is 12.8. The van der Waals surface area contributed by atoms with E-state index in [2.05, 4.69) is 5.32 Å².